The van der Waals surface area contributed by atoms with Crippen molar-refractivity contribution in [2.75, 3.05) is 0 Å². The van der Waals surface area contributed by atoms with Crippen LogP contribution in [0.1, 0.15) is 0 Å². The van der Waals surface area contributed by atoms with E-state index < -0.39 is 76.4 Å². The maximum atomic E-state index is 9.63. The van der Waals surface area contributed by atoms with Gasteiger partial charge in [0, 0.05) is 0 Å². The van der Waals surface area contributed by atoms with Crippen LogP contribution in [-0.2, 0) is 18.1 Å². The SMILES string of the molecule is O=P([O-])([O-])C(O)P(=O)([O-])[O-].[O]=[U+2]=[O].[O]=[U+2]=[O]. The van der Waals surface area contributed by atoms with Gasteiger partial charge in [-0.05, 0) is 15.2 Å². The summed E-state index contributed by atoms with van der Waals surface area (Å²) in [5, 5.41) is 7.95. The van der Waals surface area contributed by atoms with E-state index >= 15 is 0 Å². The second-order valence-electron chi connectivity index (χ2n) is 1.59. The fourth-order valence-corrected chi connectivity index (χ4v) is 1.56. The van der Waals surface area contributed by atoms with Crippen LogP contribution in [-0.4, -0.2) is 10.7 Å². The Labute approximate surface area is 118 Å². The molecule has 0 amide bonds. The van der Waals surface area contributed by atoms with Gasteiger partial charge in [0.05, 0.1) is 0 Å². The molecule has 0 aliphatic carbocycles. The Kier molecular flexibility index (Phi) is 16.5. The fraction of sp³-hybridized carbons (Fsp3) is 1.00. The van der Waals surface area contributed by atoms with Crippen molar-refractivity contribution in [3.63, 3.8) is 0 Å². The molecule has 0 radical (unpaired) electrons. The molecule has 0 aromatic rings. The summed E-state index contributed by atoms with van der Waals surface area (Å²) in [7, 11) is -11.4. The van der Waals surface area contributed by atoms with Crippen LogP contribution in [0.4, 0.5) is 0 Å². The van der Waals surface area contributed by atoms with Crippen LogP contribution in [0.3, 0.4) is 0 Å². The van der Waals surface area contributed by atoms with Gasteiger partial charge in [-0.25, -0.2) is 0 Å². The van der Waals surface area contributed by atoms with Gasteiger partial charge in [-0.3, -0.25) is 0 Å². The molecule has 11 nitrogen and oxygen atoms in total. The Hall–Kier alpha value is 1.56. The second-order valence-corrected chi connectivity index (χ2v) is 6.53. The van der Waals surface area contributed by atoms with Crippen LogP contribution in [0.2, 0.25) is 0 Å². The molecule has 0 saturated carbocycles. The molecule has 0 fully saturated rings. The molecule has 0 spiro atoms. The van der Waals surface area contributed by atoms with E-state index in [9.17, 15) is 28.7 Å². The third-order valence-corrected chi connectivity index (χ3v) is 3.39. The van der Waals surface area contributed by atoms with Crippen molar-refractivity contribution in [2.24, 2.45) is 0 Å². The first-order valence-corrected chi connectivity index (χ1v) is 12.7. The molecule has 0 aromatic heterocycles. The molecule has 1 N–H and O–H groups in total. The van der Waals surface area contributed by atoms with E-state index in [0.717, 1.165) is 0 Å². The predicted octanol–water partition coefficient (Wildman–Crippen LogP) is -4.39. The molecule has 0 aromatic carbocycles. The first-order valence-electron chi connectivity index (χ1n) is 2.69. The summed E-state index contributed by atoms with van der Waals surface area (Å²) in [6, 6.07) is 0. The molecular weight excluding hydrogens is 726 g/mol. The molecule has 0 aliphatic heterocycles. The Balaban J connectivity index is -0.000000235. The van der Waals surface area contributed by atoms with E-state index in [-0.39, 0.29) is 0 Å². The molecule has 0 unspecified atom stereocenters. The van der Waals surface area contributed by atoms with Crippen molar-refractivity contribution in [1.82, 2.24) is 0 Å². The van der Waals surface area contributed by atoms with Crippen molar-refractivity contribution >= 4 is 15.2 Å². The third kappa shape index (κ3) is 17.9. The fourth-order valence-electron chi connectivity index (χ4n) is 0.173. The van der Waals surface area contributed by atoms with Crippen molar-refractivity contribution in [2.45, 2.75) is 5.59 Å². The average Bonchev–Trinajstić information content (AvgIpc) is 2.02. The quantitative estimate of drug-likeness (QED) is 0.268. The van der Waals surface area contributed by atoms with Crippen LogP contribution < -0.4 is 19.6 Å². The number of aliphatic hydroxyl groups excluding tert-OH is 1. The van der Waals surface area contributed by atoms with Crippen LogP contribution >= 0.6 is 15.2 Å². The Morgan fingerprint density at radius 3 is 0.938 bits per heavy atom. The molecule has 0 rings (SSSR count). The minimum absolute atomic E-state index is 2.51. The van der Waals surface area contributed by atoms with Crippen molar-refractivity contribution < 1.29 is 98.4 Å². The van der Waals surface area contributed by atoms with Crippen molar-refractivity contribution in [3.8, 4) is 0 Å². The van der Waals surface area contributed by atoms with Crippen LogP contribution in [0.15, 0.2) is 0 Å². The number of rotatable bonds is 2. The van der Waals surface area contributed by atoms with Gasteiger partial charge in [-0.15, -0.1) is 0 Å². The van der Waals surface area contributed by atoms with E-state index in [0.29, 0.717) is 0 Å². The van der Waals surface area contributed by atoms with Crippen LogP contribution in [0.25, 0.3) is 0 Å². The number of hydrogen-bond donors (Lipinski definition) is 1. The molecule has 16 heavy (non-hydrogen) atoms. The molecular formula is CH2O11P2U2. The minimum atomic E-state index is -5.71. The molecule has 0 heterocycles. The summed E-state index contributed by atoms with van der Waals surface area (Å²) in [5.74, 6) is 0. The Morgan fingerprint density at radius 2 is 0.938 bits per heavy atom. The first-order chi connectivity index (χ1) is 6.98. The summed E-state index contributed by atoms with van der Waals surface area (Å²) >= 11 is -5.01. The van der Waals surface area contributed by atoms with Crippen LogP contribution in [0.5, 0.6) is 0 Å². The molecule has 0 atom stereocenters. The second kappa shape index (κ2) is 11.6. The average molecular weight is 728 g/mol. The zero-order chi connectivity index (χ0) is 14.0. The number of aliphatic hydroxyl groups is 1. The maximum absolute atomic E-state index is 9.63. The van der Waals surface area contributed by atoms with E-state index in [1.54, 1.807) is 0 Å². The van der Waals surface area contributed by atoms with Crippen molar-refractivity contribution in [1.29, 1.82) is 0 Å². The van der Waals surface area contributed by atoms with E-state index in [4.69, 9.17) is 14.0 Å². The predicted molar refractivity (Wildman–Crippen MR) is 24.0 cm³/mol. The zero-order valence-electron chi connectivity index (χ0n) is 7.00. The normalized spacial score (nSPS) is 9.88. The summed E-state index contributed by atoms with van der Waals surface area (Å²) < 4.78 is 53.6. The van der Waals surface area contributed by atoms with E-state index in [1.807, 2.05) is 0 Å². The summed E-state index contributed by atoms with van der Waals surface area (Å²) in [5.41, 5.74) is -3.35. The topological polar surface area (TPSA) is 215 Å². The van der Waals surface area contributed by atoms with Gasteiger partial charge in [-0.2, -0.15) is 0 Å². The molecule has 0 saturated heterocycles. The molecule has 0 aliphatic rings. The molecule has 15 heteroatoms. The van der Waals surface area contributed by atoms with Gasteiger partial charge in [-0.1, -0.05) is 0 Å². The standard InChI is InChI=1S/CH6O7P2.4O.2U/c2-1(9(3,4)5)10(6,7)8;;;;;;/h1-2H,(H2,3,4,5)(H2,6,7,8);;;;;;/q;;;;;2*+2/p-4. The van der Waals surface area contributed by atoms with E-state index in [1.165, 1.54) is 0 Å². The van der Waals surface area contributed by atoms with E-state index in [2.05, 4.69) is 0 Å². The first kappa shape index (κ1) is 22.7. The summed E-state index contributed by atoms with van der Waals surface area (Å²) in [6.07, 6.45) is 0. The molecule has 0 bridgehead atoms. The summed E-state index contributed by atoms with van der Waals surface area (Å²) in [4.78, 5) is 38.5. The number of hydrogen-bond acceptors (Lipinski definition) is 11. The zero-order valence-corrected chi connectivity index (χ0v) is 17.1. The van der Waals surface area contributed by atoms with Crippen LogP contribution in [0, 0.1) is 55.6 Å². The Morgan fingerprint density at radius 1 is 0.812 bits per heavy atom. The van der Waals surface area contributed by atoms with Gasteiger partial charge >= 0.3 is 64.6 Å². The van der Waals surface area contributed by atoms with Gasteiger partial charge < -0.3 is 33.8 Å². The monoisotopic (exact) mass is 728 g/mol. The third-order valence-electron chi connectivity index (χ3n) is 0.566. The van der Waals surface area contributed by atoms with Crippen molar-refractivity contribution in [3.05, 3.63) is 0 Å². The molecule has 90 valence electrons. The van der Waals surface area contributed by atoms with Gasteiger partial charge in [0.15, 0.2) is 0 Å². The van der Waals surface area contributed by atoms with Gasteiger partial charge in [0.2, 0.25) is 0 Å². The summed E-state index contributed by atoms with van der Waals surface area (Å²) in [6.45, 7) is 0. The van der Waals surface area contributed by atoms with Gasteiger partial charge in [0.25, 0.3) is 0 Å². The Bertz CT molecular complexity index is 303. The van der Waals surface area contributed by atoms with Gasteiger partial charge in [0.1, 0.15) is 5.59 Å².